The number of carboxylic acid groups (broad SMARTS) is 1. The molecular formula is C32H31Cl2N5O5. The van der Waals surface area contributed by atoms with Crippen molar-refractivity contribution in [2.45, 2.75) is 20.4 Å². The molecule has 44 heavy (non-hydrogen) atoms. The fraction of sp³-hybridized carbons (Fsp3) is 0.281. The van der Waals surface area contributed by atoms with Crippen molar-refractivity contribution >= 4 is 40.8 Å². The third-order valence-electron chi connectivity index (χ3n) is 7.90. The summed E-state index contributed by atoms with van der Waals surface area (Å²) in [6.07, 6.45) is 1.37. The molecule has 1 atom stereocenters. The number of aliphatic carboxylic acids is 1. The van der Waals surface area contributed by atoms with Gasteiger partial charge in [0.25, 0.3) is 11.5 Å². The lowest BCUT2D eigenvalue weighted by Gasteiger charge is -2.22. The number of benzene rings is 2. The van der Waals surface area contributed by atoms with Gasteiger partial charge in [-0.05, 0) is 23.6 Å². The summed E-state index contributed by atoms with van der Waals surface area (Å²) in [5.41, 5.74) is 2.62. The smallest absolute Gasteiger partial charge is 0.308 e. The third kappa shape index (κ3) is 6.06. The second kappa shape index (κ2) is 12.4. The zero-order valence-electron chi connectivity index (χ0n) is 24.6. The molecule has 0 bridgehead atoms. The number of rotatable bonds is 8. The van der Waals surface area contributed by atoms with Gasteiger partial charge >= 0.3 is 5.97 Å². The molecule has 4 aromatic rings. The Hall–Kier alpha value is -4.25. The van der Waals surface area contributed by atoms with Gasteiger partial charge in [0.05, 0.1) is 34.5 Å². The summed E-state index contributed by atoms with van der Waals surface area (Å²) in [5, 5.41) is 16.9. The molecule has 1 amide bonds. The van der Waals surface area contributed by atoms with E-state index in [9.17, 15) is 19.5 Å². The second-order valence-corrected chi connectivity index (χ2v) is 12.1. The monoisotopic (exact) mass is 635 g/mol. The van der Waals surface area contributed by atoms with Gasteiger partial charge in [0, 0.05) is 55.1 Å². The van der Waals surface area contributed by atoms with E-state index < -0.39 is 23.4 Å². The number of ether oxygens (including phenoxy) is 1. The van der Waals surface area contributed by atoms with Gasteiger partial charge in [0.2, 0.25) is 5.88 Å². The van der Waals surface area contributed by atoms with E-state index in [-0.39, 0.29) is 16.0 Å². The number of methoxy groups -OCH3 is 1. The van der Waals surface area contributed by atoms with Crippen LogP contribution < -0.4 is 15.6 Å². The molecule has 2 aromatic carbocycles. The molecule has 12 heteroatoms. The van der Waals surface area contributed by atoms with Gasteiger partial charge in [0.15, 0.2) is 0 Å². The first-order valence-corrected chi connectivity index (χ1v) is 14.6. The van der Waals surface area contributed by atoms with Crippen LogP contribution in [0.5, 0.6) is 5.88 Å². The molecule has 3 heterocycles. The van der Waals surface area contributed by atoms with Crippen molar-refractivity contribution in [2.24, 2.45) is 18.4 Å². The van der Waals surface area contributed by atoms with Gasteiger partial charge in [-0.25, -0.2) is 9.67 Å². The lowest BCUT2D eigenvalue weighted by Crippen LogP contribution is -2.28. The SMILES string of the molecule is COc1nc(-c2cccc(-c3cccc(NC(=O)c4ccnn(C)c4=O)c3Cl)c2Cl)ccc1CN1C[C@H](C(=O)O)C(C)(C)C1. The molecule has 1 aliphatic heterocycles. The highest BCUT2D eigenvalue weighted by Gasteiger charge is 2.43. The molecule has 0 saturated carbocycles. The Morgan fingerprint density at radius 1 is 1.05 bits per heavy atom. The highest BCUT2D eigenvalue weighted by atomic mass is 35.5. The molecule has 1 aliphatic rings. The standard InChI is InChI=1S/C32H31Cl2N5O5/c1-32(2)17-39(16-23(32)31(42)43)15-18-11-12-24(37-29(18)44-4)21-9-5-7-19(26(21)33)20-8-6-10-25(27(20)34)36-28(40)22-13-14-35-38(3)30(22)41/h5-14,23H,15-17H2,1-4H3,(H,36,40)(H,42,43)/t23-/m1/s1. The summed E-state index contributed by atoms with van der Waals surface area (Å²) in [4.78, 5) is 43.8. The summed E-state index contributed by atoms with van der Waals surface area (Å²) < 4.78 is 6.72. The molecule has 10 nitrogen and oxygen atoms in total. The maximum Gasteiger partial charge on any atom is 0.308 e. The fourth-order valence-corrected chi connectivity index (χ4v) is 6.19. The predicted molar refractivity (Wildman–Crippen MR) is 169 cm³/mol. The summed E-state index contributed by atoms with van der Waals surface area (Å²) >= 11 is 13.7. The number of nitrogens with zero attached hydrogens (tertiary/aromatic N) is 4. The summed E-state index contributed by atoms with van der Waals surface area (Å²) in [6.45, 7) is 5.52. The number of pyridine rings is 1. The van der Waals surface area contributed by atoms with Crippen LogP contribution in [0.2, 0.25) is 10.0 Å². The first-order valence-electron chi connectivity index (χ1n) is 13.8. The maximum absolute atomic E-state index is 12.9. The second-order valence-electron chi connectivity index (χ2n) is 11.4. The van der Waals surface area contributed by atoms with Crippen LogP contribution in [0.3, 0.4) is 0 Å². The van der Waals surface area contributed by atoms with E-state index in [1.165, 1.54) is 19.3 Å². The van der Waals surface area contributed by atoms with Crippen molar-refractivity contribution in [1.82, 2.24) is 19.7 Å². The predicted octanol–water partition coefficient (Wildman–Crippen LogP) is 5.62. The number of carbonyl (C=O) groups excluding carboxylic acids is 1. The molecule has 0 aliphatic carbocycles. The van der Waals surface area contributed by atoms with Crippen molar-refractivity contribution < 1.29 is 19.4 Å². The van der Waals surface area contributed by atoms with Crippen LogP contribution in [0.4, 0.5) is 5.69 Å². The first-order chi connectivity index (χ1) is 20.9. The van der Waals surface area contributed by atoms with Crippen LogP contribution in [0, 0.1) is 11.3 Å². The molecule has 0 unspecified atom stereocenters. The van der Waals surface area contributed by atoms with Crippen molar-refractivity contribution in [3.8, 4) is 28.3 Å². The minimum Gasteiger partial charge on any atom is -0.481 e. The van der Waals surface area contributed by atoms with Crippen LogP contribution in [0.25, 0.3) is 22.4 Å². The largest absolute Gasteiger partial charge is 0.481 e. The van der Waals surface area contributed by atoms with Gasteiger partial charge in [-0.3, -0.25) is 19.3 Å². The number of nitrogens with one attached hydrogen (secondary N) is 1. The number of hydrogen-bond donors (Lipinski definition) is 2. The molecule has 2 aromatic heterocycles. The van der Waals surface area contributed by atoms with Gasteiger partial charge in [-0.15, -0.1) is 0 Å². The number of likely N-dealkylation sites (tertiary alicyclic amines) is 1. The topological polar surface area (TPSA) is 127 Å². The summed E-state index contributed by atoms with van der Waals surface area (Å²) in [5.74, 6) is -1.44. The molecule has 5 rings (SSSR count). The zero-order valence-corrected chi connectivity index (χ0v) is 26.1. The number of anilines is 1. The minimum atomic E-state index is -0.792. The van der Waals surface area contributed by atoms with Crippen molar-refractivity contribution in [2.75, 3.05) is 25.5 Å². The number of aromatic nitrogens is 3. The van der Waals surface area contributed by atoms with E-state index >= 15 is 0 Å². The van der Waals surface area contributed by atoms with Gasteiger partial charge < -0.3 is 15.2 Å². The summed E-state index contributed by atoms with van der Waals surface area (Å²) in [7, 11) is 3.01. The molecule has 228 valence electrons. The van der Waals surface area contributed by atoms with Crippen LogP contribution >= 0.6 is 23.2 Å². The van der Waals surface area contributed by atoms with E-state index in [2.05, 4.69) is 15.3 Å². The van der Waals surface area contributed by atoms with E-state index in [1.807, 2.05) is 44.2 Å². The number of carboxylic acids is 1. The number of amides is 1. The van der Waals surface area contributed by atoms with Crippen LogP contribution in [-0.4, -0.2) is 56.8 Å². The number of halogens is 2. The van der Waals surface area contributed by atoms with Crippen LogP contribution in [0.15, 0.2) is 65.6 Å². The molecular weight excluding hydrogens is 605 g/mol. The molecule has 1 saturated heterocycles. The maximum atomic E-state index is 12.9. The van der Waals surface area contributed by atoms with Gasteiger partial charge in [-0.1, -0.05) is 73.4 Å². The van der Waals surface area contributed by atoms with E-state index in [0.29, 0.717) is 58.6 Å². The van der Waals surface area contributed by atoms with Crippen molar-refractivity contribution in [3.05, 3.63) is 92.3 Å². The minimum absolute atomic E-state index is 0.0670. The Morgan fingerprint density at radius 3 is 2.41 bits per heavy atom. The third-order valence-corrected chi connectivity index (χ3v) is 8.72. The first kappa shape index (κ1) is 31.2. The Balaban J connectivity index is 1.43. The van der Waals surface area contributed by atoms with Crippen molar-refractivity contribution in [3.63, 3.8) is 0 Å². The zero-order chi connectivity index (χ0) is 31.8. The average Bonchev–Trinajstić information content (AvgIpc) is 3.29. The number of aryl methyl sites for hydroxylation is 1. The van der Waals surface area contributed by atoms with Crippen LogP contribution in [0.1, 0.15) is 29.8 Å². The molecule has 2 N–H and O–H groups in total. The highest BCUT2D eigenvalue weighted by molar-refractivity contribution is 6.39. The quantitative estimate of drug-likeness (QED) is 0.255. The summed E-state index contributed by atoms with van der Waals surface area (Å²) in [6, 6.07) is 15.8. The van der Waals surface area contributed by atoms with E-state index in [1.54, 1.807) is 25.3 Å². The Labute approximate surface area is 264 Å². The Kier molecular flexibility index (Phi) is 8.78. The lowest BCUT2D eigenvalue weighted by molar-refractivity contribution is -0.144. The van der Waals surface area contributed by atoms with Crippen LogP contribution in [-0.2, 0) is 18.4 Å². The average molecular weight is 637 g/mol. The van der Waals surface area contributed by atoms with Crippen molar-refractivity contribution in [1.29, 1.82) is 0 Å². The Morgan fingerprint density at radius 2 is 1.73 bits per heavy atom. The van der Waals surface area contributed by atoms with E-state index in [4.69, 9.17) is 32.9 Å². The molecule has 1 fully saturated rings. The number of hydrogen-bond acceptors (Lipinski definition) is 7. The molecule has 0 spiro atoms. The van der Waals surface area contributed by atoms with E-state index in [0.717, 1.165) is 10.2 Å². The highest BCUT2D eigenvalue weighted by Crippen LogP contribution is 2.42. The van der Waals surface area contributed by atoms with Gasteiger partial charge in [-0.2, -0.15) is 5.10 Å². The normalized spacial score (nSPS) is 16.1. The van der Waals surface area contributed by atoms with Gasteiger partial charge in [0.1, 0.15) is 5.56 Å². The fourth-order valence-electron chi connectivity index (χ4n) is 5.59. The lowest BCUT2D eigenvalue weighted by atomic mass is 9.82. The molecule has 0 radical (unpaired) electrons. The Bertz CT molecular complexity index is 1820. The number of carbonyl (C=O) groups is 2.